The van der Waals surface area contributed by atoms with Gasteiger partial charge in [0.2, 0.25) is 32.1 Å². The van der Waals surface area contributed by atoms with Crippen LogP contribution < -0.4 is 0 Å². The number of thiophene rings is 4. The number of hydrogen-bond donors (Lipinski definition) is 0. The van der Waals surface area contributed by atoms with Crippen LogP contribution in [0.15, 0.2) is 320 Å². The normalized spacial score (nSPS) is 11.9. The summed E-state index contributed by atoms with van der Waals surface area (Å²) in [5.74, 6) is 0. The molecule has 0 saturated carbocycles. The van der Waals surface area contributed by atoms with E-state index >= 15 is 0 Å². The number of fused-ring (bicyclic) bond motifs is 15. The highest BCUT2D eigenvalue weighted by Gasteiger charge is 2.22. The smallest absolute Gasteiger partial charge is 0.232 e. The molecule has 0 atom stereocenters. The zero-order valence-electron chi connectivity index (χ0n) is 63.0. The Morgan fingerprint density at radius 3 is 1.05 bits per heavy atom. The van der Waals surface area contributed by atoms with Crippen LogP contribution in [0.1, 0.15) is 6.85 Å². The predicted octanol–water partition coefficient (Wildman–Crippen LogP) is 28.1. The summed E-state index contributed by atoms with van der Waals surface area (Å²) in [5.41, 5.74) is 13.7. The summed E-state index contributed by atoms with van der Waals surface area (Å²) in [7, 11) is 0. The third-order valence-corrected chi connectivity index (χ3v) is 23.4. The second-order valence-electron chi connectivity index (χ2n) is 25.1. The van der Waals surface area contributed by atoms with Gasteiger partial charge in [0, 0.05) is 107 Å². The molecule has 22 aromatic rings. The van der Waals surface area contributed by atoms with Gasteiger partial charge in [-0.1, -0.05) is 255 Å². The molecule has 112 heavy (non-hydrogen) atoms. The number of nitrogens with zero attached hydrogens (tertiary/aromatic N) is 11. The van der Waals surface area contributed by atoms with Crippen LogP contribution in [-0.2, 0) is 0 Å². The van der Waals surface area contributed by atoms with Gasteiger partial charge in [-0.2, -0.15) is 4.98 Å². The second kappa shape index (κ2) is 31.8. The fourth-order valence-corrected chi connectivity index (χ4v) is 18.7. The minimum absolute atomic E-state index is 0.0270. The molecule has 0 amide bonds. The van der Waals surface area contributed by atoms with Crippen LogP contribution in [0.4, 0.5) is 0 Å². The summed E-state index contributed by atoms with van der Waals surface area (Å²) in [6.07, 6.45) is 3.54. The quantitative estimate of drug-likeness (QED) is 0.139. The first-order valence-electron chi connectivity index (χ1n) is 37.2. The largest absolute Gasteiger partial charge is 0.438 e. The molecule has 11 aromatic carbocycles. The van der Waals surface area contributed by atoms with Crippen molar-refractivity contribution in [2.45, 2.75) is 0 Å². The Hall–Kier alpha value is -11.9. The lowest BCUT2D eigenvalue weighted by atomic mass is 10.00. The second-order valence-corrected chi connectivity index (χ2v) is 30.9. The average Bonchev–Trinajstić information content (AvgIpc) is 1.68. The summed E-state index contributed by atoms with van der Waals surface area (Å²) in [4.78, 5) is 51.4. The fourth-order valence-electron chi connectivity index (χ4n) is 13.4. The van der Waals surface area contributed by atoms with E-state index in [0.29, 0.717) is 21.2 Å². The van der Waals surface area contributed by atoms with E-state index in [0.717, 1.165) is 119 Å². The fraction of sp³-hybridized carbons (Fsp3) is 0. The standard InChI is InChI=1S/C22H13ClN2O.C22H13ClN2S.2C16H9ClN2S.C15H8ClN3S/c23-22-24-20(19-17-8-4-5-9-18(17)26-21(19)25-22)16-12-10-15(11-13-16)14-6-2-1-3-7-14;23-22-24-20(19-17-11-4-5-12-18(17)26-21(19)25-22)16-10-6-9-15(13-16)14-7-2-1-3-8-14;2*17-16-18-14(10-6-2-1-3-7-10)13-11-8-4-5-9-12(11)20-15(13)19-16;16-15-18-13(9-4-3-7-17-8-9)12-10-5-1-2-6-11(10)20-14(12)19-15/h2*1-13H;2*1-9H;1-8H/i;;1D,2D,3D,6D,7D;;. The number of halogens is 5. The van der Waals surface area contributed by atoms with Crippen LogP contribution in [0.3, 0.4) is 0 Å². The van der Waals surface area contributed by atoms with Gasteiger partial charge in [-0.05, 0) is 129 Å². The van der Waals surface area contributed by atoms with Crippen LogP contribution in [0.2, 0.25) is 26.4 Å². The molecule has 11 heterocycles. The summed E-state index contributed by atoms with van der Waals surface area (Å²) in [5, 5.41) is 11.1. The van der Waals surface area contributed by atoms with Crippen LogP contribution in [0.5, 0.6) is 0 Å². The molecule has 21 heteroatoms. The molecular formula is C91H52Cl5N11OS4. The van der Waals surface area contributed by atoms with E-state index in [1.807, 2.05) is 164 Å². The average molecular weight is 1630 g/mol. The van der Waals surface area contributed by atoms with Crippen molar-refractivity contribution < 1.29 is 11.3 Å². The van der Waals surface area contributed by atoms with Crippen molar-refractivity contribution in [3.8, 4) is 78.5 Å². The molecule has 536 valence electrons. The van der Waals surface area contributed by atoms with Gasteiger partial charge in [0.15, 0.2) is 0 Å². The van der Waals surface area contributed by atoms with Crippen molar-refractivity contribution >= 4 is 207 Å². The molecule has 0 N–H and O–H groups in total. The monoisotopic (exact) mass is 1620 g/mol. The summed E-state index contributed by atoms with van der Waals surface area (Å²) < 4.78 is 50.3. The van der Waals surface area contributed by atoms with Crippen molar-refractivity contribution in [2.75, 3.05) is 0 Å². The molecule has 0 spiro atoms. The van der Waals surface area contributed by atoms with Gasteiger partial charge in [0.25, 0.3) is 0 Å². The van der Waals surface area contributed by atoms with Gasteiger partial charge >= 0.3 is 0 Å². The number of hydrogen-bond acceptors (Lipinski definition) is 16. The number of rotatable bonds is 7. The minimum atomic E-state index is -0.440. The van der Waals surface area contributed by atoms with Crippen LogP contribution in [0, 0.1) is 0 Å². The van der Waals surface area contributed by atoms with E-state index in [-0.39, 0.29) is 44.5 Å². The Balaban J connectivity index is 0.000000101. The highest BCUT2D eigenvalue weighted by atomic mass is 35.5. The predicted molar refractivity (Wildman–Crippen MR) is 470 cm³/mol. The van der Waals surface area contributed by atoms with Crippen molar-refractivity contribution in [1.29, 1.82) is 0 Å². The lowest BCUT2D eigenvalue weighted by Gasteiger charge is -2.07. The molecular weight excluding hydrogens is 1570 g/mol. The van der Waals surface area contributed by atoms with Crippen LogP contribution in [0.25, 0.3) is 182 Å². The summed E-state index contributed by atoms with van der Waals surface area (Å²) in [6, 6.07) is 89.8. The van der Waals surface area contributed by atoms with Gasteiger partial charge in [0.05, 0.1) is 40.7 Å². The molecule has 0 bridgehead atoms. The molecule has 0 unspecified atom stereocenters. The van der Waals surface area contributed by atoms with Gasteiger partial charge in [-0.15, -0.1) is 45.3 Å². The first-order chi connectivity index (χ1) is 57.1. The maximum atomic E-state index is 8.21. The van der Waals surface area contributed by atoms with Crippen molar-refractivity contribution in [3.63, 3.8) is 0 Å². The third kappa shape index (κ3) is 14.7. The first-order valence-corrected chi connectivity index (χ1v) is 39.9. The van der Waals surface area contributed by atoms with Gasteiger partial charge in [-0.3, -0.25) is 4.98 Å². The van der Waals surface area contributed by atoms with E-state index in [9.17, 15) is 0 Å². The van der Waals surface area contributed by atoms with Crippen LogP contribution >= 0.6 is 103 Å². The van der Waals surface area contributed by atoms with Crippen molar-refractivity contribution in [3.05, 3.63) is 342 Å². The SMILES string of the molecule is Clc1nc(-c2ccc(-c3ccccc3)cc2)c2c(n1)oc1ccccc12.Clc1nc(-c2cccc(-c3ccccc3)c2)c2c(n1)sc1ccccc12.Clc1nc(-c2ccccc2)c2c(n1)sc1ccccc12.Clc1nc(-c2cccnc2)c2c(n1)sc1ccccc12.[2H]c1c([2H])c([2H])c(-c2nc(Cl)nc3sc4ccccc4c23)c([2H])c1[2H]. The zero-order valence-corrected chi connectivity index (χ0v) is 65.0. The maximum absolute atomic E-state index is 8.21. The van der Waals surface area contributed by atoms with Crippen molar-refractivity contribution in [2.24, 2.45) is 0 Å². The first kappa shape index (κ1) is 65.9. The molecule has 22 rings (SSSR count). The molecule has 0 aliphatic rings. The van der Waals surface area contributed by atoms with E-state index < -0.39 is 18.1 Å². The molecule has 0 aliphatic carbocycles. The van der Waals surface area contributed by atoms with Gasteiger partial charge in [-0.25, -0.2) is 44.9 Å². The summed E-state index contributed by atoms with van der Waals surface area (Å²) >= 11 is 36.9. The number of para-hydroxylation sites is 1. The van der Waals surface area contributed by atoms with Gasteiger partial charge in [0.1, 0.15) is 24.9 Å². The number of pyridine rings is 1. The Morgan fingerprint density at radius 2 is 0.589 bits per heavy atom. The maximum Gasteiger partial charge on any atom is 0.232 e. The third-order valence-electron chi connectivity index (χ3n) is 18.3. The molecule has 0 saturated heterocycles. The molecule has 12 nitrogen and oxygen atoms in total. The van der Waals surface area contributed by atoms with Crippen molar-refractivity contribution in [1.82, 2.24) is 54.8 Å². The van der Waals surface area contributed by atoms with E-state index in [1.54, 1.807) is 46.4 Å². The number of benzene rings is 11. The Morgan fingerprint density at radius 1 is 0.259 bits per heavy atom. The Bertz CT molecular complexity index is 7380. The topological polar surface area (TPSA) is 155 Å². The lowest BCUT2D eigenvalue weighted by molar-refractivity contribution is 0.653. The Kier molecular flexibility index (Phi) is 18.7. The number of aromatic nitrogens is 11. The zero-order chi connectivity index (χ0) is 80.0. The van der Waals surface area contributed by atoms with E-state index in [2.05, 4.69) is 164 Å². The number of furan rings is 1. The highest BCUT2D eigenvalue weighted by Crippen LogP contribution is 2.44. The molecule has 0 aliphatic heterocycles. The molecule has 0 radical (unpaired) electrons. The van der Waals surface area contributed by atoms with Gasteiger partial charge < -0.3 is 4.42 Å². The summed E-state index contributed by atoms with van der Waals surface area (Å²) in [6.45, 7) is 0. The van der Waals surface area contributed by atoms with E-state index in [1.165, 1.54) is 47.3 Å². The minimum Gasteiger partial charge on any atom is -0.438 e. The highest BCUT2D eigenvalue weighted by molar-refractivity contribution is 7.26. The van der Waals surface area contributed by atoms with E-state index in [4.69, 9.17) is 69.3 Å². The molecule has 11 aromatic heterocycles. The molecule has 0 fully saturated rings. The lowest BCUT2D eigenvalue weighted by Crippen LogP contribution is -1.89. The van der Waals surface area contributed by atoms with Crippen LogP contribution in [-0.4, -0.2) is 54.8 Å². The Labute approximate surface area is 687 Å².